The van der Waals surface area contributed by atoms with Crippen molar-refractivity contribution >= 4 is 113 Å². The van der Waals surface area contributed by atoms with E-state index in [1.807, 2.05) is 6.07 Å². The normalized spacial score (nSPS) is 11.4. The molecular weight excluding hydrogens is 1070 g/mol. The van der Waals surface area contributed by atoms with Gasteiger partial charge in [0.05, 0.1) is 95.1 Å². The lowest BCUT2D eigenvalue weighted by Gasteiger charge is -2.14. The summed E-state index contributed by atoms with van der Waals surface area (Å²) in [6.45, 7) is 3.64. The number of carbonyl (C=O) groups excluding carboxylic acids is 2. The number of methoxy groups -OCH3 is 1. The van der Waals surface area contributed by atoms with E-state index < -0.39 is 29.1 Å². The number of H-pyrrole nitrogens is 1. The minimum atomic E-state index is -0.697. The van der Waals surface area contributed by atoms with Crippen molar-refractivity contribution in [3.63, 3.8) is 0 Å². The van der Waals surface area contributed by atoms with Gasteiger partial charge >= 0.3 is 11.9 Å². The number of aromatic nitrogens is 6. The molecule has 12 aromatic rings. The van der Waals surface area contributed by atoms with Gasteiger partial charge < -0.3 is 47.4 Å². The predicted molar refractivity (Wildman–Crippen MR) is 293 cm³/mol. The first-order valence-electron chi connectivity index (χ1n) is 23.8. The molecule has 0 unspecified atom stereocenters. The van der Waals surface area contributed by atoms with Gasteiger partial charge in [0, 0.05) is 63.1 Å². The summed E-state index contributed by atoms with van der Waals surface area (Å²) in [4.78, 5) is 55.8. The van der Waals surface area contributed by atoms with Crippen LogP contribution in [0, 0.1) is 11.6 Å². The number of aromatic hydroxyl groups is 2. The molecule has 0 spiro atoms. The van der Waals surface area contributed by atoms with Crippen molar-refractivity contribution in [3.8, 4) is 39.6 Å². The number of nitrogens with one attached hydrogen (secondary N) is 1. The van der Waals surface area contributed by atoms with Gasteiger partial charge in [-0.25, -0.2) is 33.3 Å². The maximum Gasteiger partial charge on any atom is 0.355 e. The van der Waals surface area contributed by atoms with Crippen LogP contribution in [0.5, 0.6) is 17.4 Å². The first-order valence-corrected chi connectivity index (χ1v) is 24.6. The summed E-state index contributed by atoms with van der Waals surface area (Å²) in [5.74, 6) is -2.00. The van der Waals surface area contributed by atoms with E-state index in [0.29, 0.717) is 60.5 Å². The Balaban J connectivity index is 0.000000174. The van der Waals surface area contributed by atoms with Crippen molar-refractivity contribution in [2.75, 3.05) is 20.3 Å². The highest BCUT2D eigenvalue weighted by molar-refractivity contribution is 6.31. The molecule has 0 amide bonds. The summed E-state index contributed by atoms with van der Waals surface area (Å²) in [5.41, 5.74) is 4.43. The van der Waals surface area contributed by atoms with Gasteiger partial charge in [-0.3, -0.25) is 4.79 Å². The van der Waals surface area contributed by atoms with Crippen LogP contribution in [-0.4, -0.2) is 71.5 Å². The maximum absolute atomic E-state index is 15.3. The molecule has 78 heavy (non-hydrogen) atoms. The average molecular weight is 1110 g/mol. The number of hydrogen-bond acceptors (Lipinski definition) is 13. The molecule has 0 saturated carbocycles. The highest BCUT2D eigenvalue weighted by Crippen LogP contribution is 2.45. The number of hydrogen-bond donors (Lipinski definition) is 3. The molecule has 394 valence electrons. The van der Waals surface area contributed by atoms with E-state index >= 15 is 8.78 Å². The molecule has 3 N–H and O–H groups in total. The van der Waals surface area contributed by atoms with Crippen molar-refractivity contribution in [1.29, 1.82) is 0 Å². The summed E-state index contributed by atoms with van der Waals surface area (Å²) >= 11 is 13.1. The number of carbonyl (C=O) groups is 2. The van der Waals surface area contributed by atoms with Crippen LogP contribution in [0.1, 0.15) is 46.0 Å². The number of nitrogens with zero attached hydrogens (tertiary/aromatic N) is 5. The predicted octanol–water partition coefficient (Wildman–Crippen LogP) is 13.2. The molecule has 0 bridgehead atoms. The van der Waals surface area contributed by atoms with Gasteiger partial charge in [-0.2, -0.15) is 0 Å². The highest BCUT2D eigenvalue weighted by atomic mass is 35.5. The summed E-state index contributed by atoms with van der Waals surface area (Å²) < 4.78 is 61.7. The van der Waals surface area contributed by atoms with Crippen molar-refractivity contribution < 1.29 is 51.6 Å². The fraction of sp³-hybridized carbons (Fsp3) is 0.123. The largest absolute Gasteiger partial charge is 0.508 e. The second-order valence-corrected chi connectivity index (χ2v) is 18.2. The Bertz CT molecular complexity index is 4430. The first kappa shape index (κ1) is 52.5. The monoisotopic (exact) mass is 1110 g/mol. The Hall–Kier alpha value is -8.97. The second kappa shape index (κ2) is 21.2. The zero-order valence-electron chi connectivity index (χ0n) is 41.2. The van der Waals surface area contributed by atoms with Crippen LogP contribution in [0.3, 0.4) is 0 Å². The minimum absolute atomic E-state index is 0. The maximum atomic E-state index is 15.3. The lowest BCUT2D eigenvalue weighted by Crippen LogP contribution is -2.16. The van der Waals surface area contributed by atoms with Gasteiger partial charge in [0.15, 0.2) is 0 Å². The third-order valence-electron chi connectivity index (χ3n) is 13.0. The fourth-order valence-electron chi connectivity index (χ4n) is 9.76. The minimum Gasteiger partial charge on any atom is -0.508 e. The zero-order chi connectivity index (χ0) is 53.8. The molecule has 0 fully saturated rings. The Morgan fingerprint density at radius 1 is 0.679 bits per heavy atom. The summed E-state index contributed by atoms with van der Waals surface area (Å²) in [7, 11) is 1.48. The van der Waals surface area contributed by atoms with E-state index in [9.17, 15) is 24.6 Å². The molecule has 8 aromatic heterocycles. The third-order valence-corrected chi connectivity index (χ3v) is 13.7. The van der Waals surface area contributed by atoms with E-state index in [4.69, 9.17) is 46.2 Å². The van der Waals surface area contributed by atoms with E-state index in [0.717, 1.165) is 5.39 Å². The number of phenolic OH excluding ortho intramolecular Hbond substituents is 2. The van der Waals surface area contributed by atoms with Crippen LogP contribution >= 0.6 is 35.6 Å². The molecule has 16 nitrogen and oxygen atoms in total. The third kappa shape index (κ3) is 9.12. The first-order chi connectivity index (χ1) is 37.3. The lowest BCUT2D eigenvalue weighted by atomic mass is 10.0. The number of halogens is 5. The standard InChI is InChI=1S/C29H21ClFN3O5.C28H19ClFN3O5.ClH/c1-3-38-29(36)25-23(19-5-4-9-32-28(19)37-2)24-22(13-20(31)18-8-10-39-26(18)24)34(25)14-16-11-15-6-7-17(35)12-21(15)33-27(16)30;1-2-37-28(36)24-22(18-4-3-8-31-27(18)35)23-21(12-19(30)17-7-9-38-25(17)23)33(24)13-15-10-14-5-6-16(34)11-20(14)32-26(15)29;/h4-13,35H,3,14H2,1-2H3;3-12,34H,2,13H2,1H3,(H,31,35);1H. The van der Waals surface area contributed by atoms with E-state index in [-0.39, 0.29) is 111 Å². The number of aromatic amines is 1. The van der Waals surface area contributed by atoms with Gasteiger partial charge in [0.2, 0.25) is 5.88 Å². The Labute approximate surface area is 455 Å². The second-order valence-electron chi connectivity index (χ2n) is 17.5. The lowest BCUT2D eigenvalue weighted by molar-refractivity contribution is 0.0506. The molecule has 8 heterocycles. The number of esters is 2. The Morgan fingerprint density at radius 2 is 1.17 bits per heavy atom. The molecule has 21 heteroatoms. The van der Waals surface area contributed by atoms with Crippen molar-refractivity contribution in [1.82, 2.24) is 29.1 Å². The number of phenols is 2. The zero-order valence-corrected chi connectivity index (χ0v) is 43.5. The molecule has 0 aliphatic carbocycles. The molecule has 0 aliphatic rings. The summed E-state index contributed by atoms with van der Waals surface area (Å²) in [5, 5.41) is 22.8. The number of benzene rings is 4. The smallest absolute Gasteiger partial charge is 0.355 e. The Kier molecular flexibility index (Phi) is 14.3. The Morgan fingerprint density at radius 3 is 1.64 bits per heavy atom. The van der Waals surface area contributed by atoms with E-state index in [1.54, 1.807) is 77.7 Å². The SMILES string of the molecule is CCOC(=O)c1c(-c2ccc[nH]c2=O)c2c3occc3c(F)cc2n1Cc1cc2ccc(O)cc2nc1Cl.CCOC(=O)c1c(-c2cccnc2OC)c2c3occc3c(F)cc2n1Cc1cc2ccc(O)cc2nc1Cl.Cl. The van der Waals surface area contributed by atoms with Gasteiger partial charge in [-0.15, -0.1) is 12.4 Å². The van der Waals surface area contributed by atoms with Crippen LogP contribution in [0.4, 0.5) is 8.78 Å². The molecule has 4 aromatic carbocycles. The van der Waals surface area contributed by atoms with E-state index in [1.165, 1.54) is 68.3 Å². The fourth-order valence-corrected chi connectivity index (χ4v) is 10.2. The van der Waals surface area contributed by atoms with Crippen molar-refractivity contribution in [3.05, 3.63) is 177 Å². The van der Waals surface area contributed by atoms with Gasteiger partial charge in [0.1, 0.15) is 56.0 Å². The number of ether oxygens (including phenoxy) is 3. The van der Waals surface area contributed by atoms with Crippen LogP contribution < -0.4 is 10.3 Å². The summed E-state index contributed by atoms with van der Waals surface area (Å²) in [6, 6.07) is 25.5. The van der Waals surface area contributed by atoms with Crippen molar-refractivity contribution in [2.24, 2.45) is 0 Å². The van der Waals surface area contributed by atoms with Gasteiger partial charge in [0.25, 0.3) is 5.56 Å². The topological polar surface area (TPSA) is 210 Å². The highest BCUT2D eigenvalue weighted by Gasteiger charge is 2.32. The van der Waals surface area contributed by atoms with Crippen molar-refractivity contribution in [2.45, 2.75) is 26.9 Å². The molecule has 0 saturated heterocycles. The molecule has 12 rings (SSSR count). The van der Waals surface area contributed by atoms with Crippen LogP contribution in [-0.2, 0) is 22.6 Å². The van der Waals surface area contributed by atoms with Gasteiger partial charge in [-0.05, 0) is 98.8 Å². The number of pyridine rings is 4. The number of rotatable bonds is 11. The average Bonchev–Trinajstić information content (AvgIpc) is 4.33. The number of fused-ring (bicyclic) bond motifs is 8. The molecule has 0 radical (unpaired) electrons. The number of furan rings is 2. The molecule has 0 aliphatic heterocycles. The van der Waals surface area contributed by atoms with Crippen LogP contribution in [0.15, 0.2) is 136 Å². The quantitative estimate of drug-likeness (QED) is 0.0814. The molecule has 0 atom stereocenters. The summed E-state index contributed by atoms with van der Waals surface area (Å²) in [6.07, 6.45) is 5.81. The van der Waals surface area contributed by atoms with Crippen LogP contribution in [0.2, 0.25) is 10.3 Å². The van der Waals surface area contributed by atoms with E-state index in [2.05, 4.69) is 19.9 Å². The molecular formula is C57H41Cl3F2N6O10. The van der Waals surface area contributed by atoms with Crippen LogP contribution in [0.25, 0.3) is 87.8 Å². The van der Waals surface area contributed by atoms with Gasteiger partial charge in [-0.1, -0.05) is 23.2 Å².